The summed E-state index contributed by atoms with van der Waals surface area (Å²) in [6.07, 6.45) is 7.83. The summed E-state index contributed by atoms with van der Waals surface area (Å²) < 4.78 is 18.3. The number of aliphatic imine (C=N–C) groups is 1. The van der Waals surface area contributed by atoms with Crippen molar-refractivity contribution in [2.45, 2.75) is 25.9 Å². The number of nitrogens with two attached hydrogens (primary N) is 1. The van der Waals surface area contributed by atoms with Gasteiger partial charge >= 0.3 is 0 Å². The molecule has 3 aromatic heterocycles. The number of benzene rings is 1. The maximum atomic E-state index is 14.2. The fraction of sp³-hybridized carbons (Fsp3) is 0.208. The Morgan fingerprint density at radius 3 is 2.91 bits per heavy atom. The standard InChI is InChI=1S/C24H23ClFN9/c1-28-19(7-9-27)31-24-29-10-8-18(30-24)16-14-34-11-4-12-35-20(13-15-5-2-3-6-17(15)26)32-33-23(35)22(34)21(16)25/h2-3,5-10,14H,4,11-13,27H2,1H3,(H,28,29,30,31). The van der Waals surface area contributed by atoms with Crippen LogP contribution in [0.4, 0.5) is 10.3 Å². The summed E-state index contributed by atoms with van der Waals surface area (Å²) in [7, 11) is 1.64. The summed E-state index contributed by atoms with van der Waals surface area (Å²) in [5.41, 5.74) is 8.21. The van der Waals surface area contributed by atoms with Gasteiger partial charge in [-0.25, -0.2) is 14.4 Å². The van der Waals surface area contributed by atoms with Crippen molar-refractivity contribution in [3.8, 4) is 22.8 Å². The highest BCUT2D eigenvalue weighted by atomic mass is 35.5. The number of halogens is 2. The summed E-state index contributed by atoms with van der Waals surface area (Å²) in [5.74, 6) is 2.00. The van der Waals surface area contributed by atoms with Gasteiger partial charge in [0.2, 0.25) is 5.95 Å². The molecule has 0 fully saturated rings. The molecule has 0 atom stereocenters. The predicted octanol–water partition coefficient (Wildman–Crippen LogP) is 3.90. The Hall–Kier alpha value is -4.05. The molecule has 1 aromatic carbocycles. The van der Waals surface area contributed by atoms with E-state index in [0.717, 1.165) is 30.8 Å². The molecule has 0 unspecified atom stereocenters. The molecule has 0 amide bonds. The molecular weight excluding hydrogens is 469 g/mol. The molecule has 11 heteroatoms. The highest BCUT2D eigenvalue weighted by Crippen LogP contribution is 2.39. The molecule has 9 nitrogen and oxygen atoms in total. The van der Waals surface area contributed by atoms with E-state index in [-0.39, 0.29) is 5.82 Å². The molecule has 4 aromatic rings. The van der Waals surface area contributed by atoms with Gasteiger partial charge in [0.1, 0.15) is 23.2 Å². The number of aryl methyl sites for hydroxylation is 1. The molecule has 0 saturated heterocycles. The van der Waals surface area contributed by atoms with E-state index in [2.05, 4.69) is 35.0 Å². The van der Waals surface area contributed by atoms with Gasteiger partial charge in [0.25, 0.3) is 0 Å². The average Bonchev–Trinajstić information content (AvgIpc) is 3.34. The Labute approximate surface area is 206 Å². The maximum Gasteiger partial charge on any atom is 0.228 e. The Balaban J connectivity index is 1.51. The predicted molar refractivity (Wildman–Crippen MR) is 134 cm³/mol. The quantitative estimate of drug-likeness (QED) is 0.323. The van der Waals surface area contributed by atoms with Crippen LogP contribution in [-0.2, 0) is 19.5 Å². The van der Waals surface area contributed by atoms with E-state index < -0.39 is 0 Å². The van der Waals surface area contributed by atoms with E-state index >= 15 is 0 Å². The minimum atomic E-state index is -0.256. The topological polar surface area (TPSA) is 112 Å². The van der Waals surface area contributed by atoms with Crippen LogP contribution in [0.1, 0.15) is 17.8 Å². The van der Waals surface area contributed by atoms with Crippen LogP contribution in [-0.4, -0.2) is 42.2 Å². The fourth-order valence-electron chi connectivity index (χ4n) is 4.15. The monoisotopic (exact) mass is 491 g/mol. The SMILES string of the molecule is CN=C(C=CN)Nc1nccc(-c2cn3c(c2Cl)-c2nnc(Cc4ccccc4F)n2CCC3)n1. The van der Waals surface area contributed by atoms with Crippen molar-refractivity contribution in [3.63, 3.8) is 0 Å². The number of nitrogens with one attached hydrogen (secondary N) is 1. The first-order valence-corrected chi connectivity index (χ1v) is 11.5. The zero-order chi connectivity index (χ0) is 24.4. The highest BCUT2D eigenvalue weighted by molar-refractivity contribution is 6.35. The molecule has 3 N–H and O–H groups in total. The third-order valence-corrected chi connectivity index (χ3v) is 6.19. The number of fused-ring (bicyclic) bond motifs is 3. The lowest BCUT2D eigenvalue weighted by molar-refractivity contribution is 0.574. The molecule has 178 valence electrons. The maximum absolute atomic E-state index is 14.2. The van der Waals surface area contributed by atoms with E-state index in [0.29, 0.717) is 46.1 Å². The average molecular weight is 492 g/mol. The first-order chi connectivity index (χ1) is 17.1. The lowest BCUT2D eigenvalue weighted by Gasteiger charge is -2.08. The van der Waals surface area contributed by atoms with E-state index in [4.69, 9.17) is 17.3 Å². The third kappa shape index (κ3) is 4.40. The van der Waals surface area contributed by atoms with Crippen molar-refractivity contribution >= 4 is 23.4 Å². The number of nitrogens with zero attached hydrogens (tertiary/aromatic N) is 7. The summed E-state index contributed by atoms with van der Waals surface area (Å²) >= 11 is 6.91. The second-order valence-electron chi connectivity index (χ2n) is 7.97. The van der Waals surface area contributed by atoms with E-state index in [1.54, 1.807) is 37.5 Å². The van der Waals surface area contributed by atoms with Crippen molar-refractivity contribution in [3.05, 3.63) is 77.2 Å². The number of hydrogen-bond acceptors (Lipinski definition) is 6. The molecule has 0 radical (unpaired) electrons. The molecule has 1 aliphatic rings. The number of rotatable bonds is 5. The Bertz CT molecular complexity index is 1440. The lowest BCUT2D eigenvalue weighted by atomic mass is 10.1. The smallest absolute Gasteiger partial charge is 0.228 e. The largest absolute Gasteiger partial charge is 0.404 e. The summed E-state index contributed by atoms with van der Waals surface area (Å²) in [4.78, 5) is 13.0. The lowest BCUT2D eigenvalue weighted by Crippen LogP contribution is -2.12. The molecule has 4 heterocycles. The van der Waals surface area contributed by atoms with Crippen LogP contribution < -0.4 is 11.1 Å². The number of anilines is 1. The molecule has 0 bridgehead atoms. The van der Waals surface area contributed by atoms with Crippen molar-refractivity contribution in [1.29, 1.82) is 0 Å². The van der Waals surface area contributed by atoms with Gasteiger partial charge in [0.15, 0.2) is 5.82 Å². The second-order valence-corrected chi connectivity index (χ2v) is 8.35. The van der Waals surface area contributed by atoms with Gasteiger partial charge in [0.05, 0.1) is 10.7 Å². The van der Waals surface area contributed by atoms with Crippen LogP contribution in [0, 0.1) is 5.82 Å². The van der Waals surface area contributed by atoms with Gasteiger partial charge < -0.3 is 20.2 Å². The molecule has 5 rings (SSSR count). The van der Waals surface area contributed by atoms with Crippen molar-refractivity contribution in [2.24, 2.45) is 10.7 Å². The van der Waals surface area contributed by atoms with Crippen LogP contribution in [0.5, 0.6) is 0 Å². The van der Waals surface area contributed by atoms with Gasteiger partial charge in [-0.15, -0.1) is 10.2 Å². The van der Waals surface area contributed by atoms with Crippen LogP contribution in [0.25, 0.3) is 22.8 Å². The molecule has 0 saturated carbocycles. The zero-order valence-corrected chi connectivity index (χ0v) is 19.7. The fourth-order valence-corrected chi connectivity index (χ4v) is 4.49. The van der Waals surface area contributed by atoms with Crippen molar-refractivity contribution < 1.29 is 4.39 Å². The molecule has 35 heavy (non-hydrogen) atoms. The minimum absolute atomic E-state index is 0.256. The van der Waals surface area contributed by atoms with Gasteiger partial charge in [-0.1, -0.05) is 29.8 Å². The Kier molecular flexibility index (Phi) is 6.28. The number of amidine groups is 1. The molecule has 1 aliphatic heterocycles. The van der Waals surface area contributed by atoms with Crippen LogP contribution in [0.15, 0.2) is 60.0 Å². The van der Waals surface area contributed by atoms with E-state index in [1.807, 2.05) is 16.8 Å². The number of aromatic nitrogens is 6. The van der Waals surface area contributed by atoms with Crippen molar-refractivity contribution in [2.75, 3.05) is 12.4 Å². The number of hydrogen-bond donors (Lipinski definition) is 2. The summed E-state index contributed by atoms with van der Waals surface area (Å²) in [5, 5.41) is 12.4. The summed E-state index contributed by atoms with van der Waals surface area (Å²) in [6, 6.07) is 8.51. The molecule has 0 aliphatic carbocycles. The van der Waals surface area contributed by atoms with E-state index in [1.165, 1.54) is 12.3 Å². The highest BCUT2D eigenvalue weighted by Gasteiger charge is 2.26. The Morgan fingerprint density at radius 1 is 1.26 bits per heavy atom. The normalized spacial score (nSPS) is 13.5. The third-order valence-electron chi connectivity index (χ3n) is 5.81. The van der Waals surface area contributed by atoms with Gasteiger partial charge in [-0.2, -0.15) is 0 Å². The minimum Gasteiger partial charge on any atom is -0.404 e. The molecular formula is C24H23ClFN9. The van der Waals surface area contributed by atoms with Gasteiger partial charge in [-0.05, 0) is 36.4 Å². The van der Waals surface area contributed by atoms with Gasteiger partial charge in [-0.3, -0.25) is 4.99 Å². The summed E-state index contributed by atoms with van der Waals surface area (Å²) in [6.45, 7) is 1.47. The van der Waals surface area contributed by atoms with E-state index in [9.17, 15) is 4.39 Å². The first kappa shape index (κ1) is 22.7. The van der Waals surface area contributed by atoms with Crippen LogP contribution >= 0.6 is 11.6 Å². The van der Waals surface area contributed by atoms with Crippen LogP contribution in [0.2, 0.25) is 5.02 Å². The first-order valence-electron chi connectivity index (χ1n) is 11.1. The van der Waals surface area contributed by atoms with Gasteiger partial charge in [0, 0.05) is 44.5 Å². The van der Waals surface area contributed by atoms with Crippen molar-refractivity contribution in [1.82, 2.24) is 29.3 Å². The Morgan fingerprint density at radius 2 is 2.11 bits per heavy atom. The van der Waals surface area contributed by atoms with Crippen LogP contribution in [0.3, 0.4) is 0 Å². The molecule has 0 spiro atoms. The second kappa shape index (κ2) is 9.67. The zero-order valence-electron chi connectivity index (χ0n) is 19.0.